The number of rotatable bonds is 12. The Bertz CT molecular complexity index is 2530. The van der Waals surface area contributed by atoms with E-state index in [1.165, 1.54) is 41.0 Å². The zero-order valence-electron chi connectivity index (χ0n) is 30.1. The number of thioether (sulfide) groups is 2. The minimum atomic E-state index is -1.88. The SMILES string of the molecule is Cc1cc(SCC2=C(C(=O)O)N3C(=O)[C@@H](NC(=O)C(=NOC(C)(C)C(=O)NNC(=O)c4cc(Br)c(O)c(O)c4Cl)c4csc(N)n4)[C@H]3SC2)n2nc(C(=O)NO)nc2n1. The Morgan fingerprint density at radius 2 is 1.86 bits per heavy atom. The maximum absolute atomic E-state index is 13.7. The van der Waals surface area contributed by atoms with Crippen molar-refractivity contribution in [3.63, 3.8) is 0 Å². The number of aliphatic carboxylic acids is 1. The van der Waals surface area contributed by atoms with Crippen LogP contribution in [0.5, 0.6) is 11.5 Å². The number of carboxylic acids is 1. The minimum absolute atomic E-state index is 0.0451. The number of benzene rings is 1. The van der Waals surface area contributed by atoms with Crippen LogP contribution in [0.2, 0.25) is 5.02 Å². The van der Waals surface area contributed by atoms with Crippen LogP contribution in [0.1, 0.15) is 46.2 Å². The van der Waals surface area contributed by atoms with Crippen LogP contribution in [0.25, 0.3) is 5.78 Å². The van der Waals surface area contributed by atoms with E-state index in [1.807, 2.05) is 0 Å². The van der Waals surface area contributed by atoms with Gasteiger partial charge in [0.1, 0.15) is 27.8 Å². The van der Waals surface area contributed by atoms with Gasteiger partial charge >= 0.3 is 11.9 Å². The number of phenols is 2. The van der Waals surface area contributed by atoms with Gasteiger partial charge in [-0.25, -0.2) is 20.2 Å². The van der Waals surface area contributed by atoms with E-state index in [1.54, 1.807) is 13.0 Å². The summed E-state index contributed by atoms with van der Waals surface area (Å²) in [4.78, 5) is 96.2. The summed E-state index contributed by atoms with van der Waals surface area (Å²) in [6.07, 6.45) is 0. The number of nitrogens with two attached hydrogens (primary N) is 1. The van der Waals surface area contributed by atoms with E-state index in [0.717, 1.165) is 34.1 Å². The molecule has 1 saturated heterocycles. The third-order valence-corrected chi connectivity index (χ3v) is 12.3. The highest BCUT2D eigenvalue weighted by atomic mass is 79.9. The van der Waals surface area contributed by atoms with E-state index in [-0.39, 0.29) is 49.7 Å². The number of nitrogens with one attached hydrogen (secondary N) is 4. The number of carbonyl (C=O) groups is 6. The lowest BCUT2D eigenvalue weighted by molar-refractivity contribution is -0.150. The number of oxime groups is 1. The van der Waals surface area contributed by atoms with E-state index in [2.05, 4.69) is 57.3 Å². The van der Waals surface area contributed by atoms with Crippen LogP contribution in [0.15, 0.2) is 43.4 Å². The highest BCUT2D eigenvalue weighted by Crippen LogP contribution is 2.43. The van der Waals surface area contributed by atoms with E-state index in [4.69, 9.17) is 27.4 Å². The van der Waals surface area contributed by atoms with Gasteiger partial charge < -0.3 is 31.2 Å². The molecule has 0 bridgehead atoms. The Kier molecular flexibility index (Phi) is 12.2. The standard InChI is InChI=1S/C31H28BrClN12O11S3/c1-9-4-14(45-30(35-9)38-21(41-45)24(50)42-55)57-6-10-7-58-26-17(25(51)44(26)18(10)27(52)53)37-23(49)16(13-8-59-29(34)36-13)43-56-31(2,3)28(54)40-39-22(48)11-5-12(32)19(46)20(47)15(11)33/h4-5,8,17,26,46-47,55H,6-7H2,1-3H3,(H2,34,36)(H,37,49)(H,39,48)(H,40,54)(H,42,50)(H,52,53)/t17-,26-/m1/s1. The van der Waals surface area contributed by atoms with Crippen molar-refractivity contribution >= 4 is 115 Å². The average Bonchev–Trinajstić information content (AvgIpc) is 3.83. The fraction of sp³-hybridized carbons (Fsp3) is 0.258. The molecule has 59 heavy (non-hydrogen) atoms. The Morgan fingerprint density at radius 1 is 1.14 bits per heavy atom. The maximum Gasteiger partial charge on any atom is 0.352 e. The molecule has 4 aromatic rings. The van der Waals surface area contributed by atoms with Crippen molar-refractivity contribution in [3.05, 3.63) is 61.1 Å². The number of nitrogens with zero attached hydrogens (tertiary/aromatic N) is 7. The van der Waals surface area contributed by atoms with Crippen molar-refractivity contribution in [3.8, 4) is 11.5 Å². The van der Waals surface area contributed by atoms with Crippen LogP contribution in [-0.4, -0.2) is 120 Å². The van der Waals surface area contributed by atoms with Gasteiger partial charge in [-0.1, -0.05) is 16.8 Å². The molecular weight excluding hydrogens is 928 g/mol. The van der Waals surface area contributed by atoms with Gasteiger partial charge in [-0.3, -0.25) is 44.9 Å². The molecule has 0 spiro atoms. The number of carboxylic acid groups (broad SMARTS) is 1. The molecule has 310 valence electrons. The first kappa shape index (κ1) is 42.9. The lowest BCUT2D eigenvalue weighted by Gasteiger charge is -2.49. The van der Waals surface area contributed by atoms with Gasteiger partial charge in [0, 0.05) is 22.6 Å². The van der Waals surface area contributed by atoms with Gasteiger partial charge in [0.05, 0.1) is 15.1 Å². The molecule has 2 aliphatic rings. The monoisotopic (exact) mass is 954 g/mol. The zero-order chi connectivity index (χ0) is 43.1. The number of hydroxylamine groups is 1. The summed E-state index contributed by atoms with van der Waals surface area (Å²) >= 11 is 12.2. The molecule has 0 radical (unpaired) electrons. The number of hydrogen-bond donors (Lipinski definition) is 9. The smallest absolute Gasteiger partial charge is 0.352 e. The Hall–Kier alpha value is -5.74. The van der Waals surface area contributed by atoms with Gasteiger partial charge in [-0.05, 0) is 54.4 Å². The number of halogens is 2. The third-order valence-electron chi connectivity index (χ3n) is 8.23. The second-order valence-corrected chi connectivity index (χ2v) is 16.9. The Balaban J connectivity index is 1.15. The summed E-state index contributed by atoms with van der Waals surface area (Å²) in [5, 5.41) is 50.0. The van der Waals surface area contributed by atoms with Crippen molar-refractivity contribution in [1.82, 2.24) is 51.1 Å². The Labute approximate surface area is 355 Å². The minimum Gasteiger partial charge on any atom is -0.503 e. The normalized spacial score (nSPS) is 16.6. The second-order valence-electron chi connectivity index (χ2n) is 12.7. The molecule has 1 fully saturated rings. The number of fused-ring (bicyclic) bond motifs is 2. The number of aromatic nitrogens is 5. The molecule has 5 amide bonds. The fourth-order valence-electron chi connectivity index (χ4n) is 5.27. The van der Waals surface area contributed by atoms with Crippen molar-refractivity contribution in [2.75, 3.05) is 17.2 Å². The quantitative estimate of drug-likeness (QED) is 0.0181. The lowest BCUT2D eigenvalue weighted by Crippen LogP contribution is -2.71. The highest BCUT2D eigenvalue weighted by Gasteiger charge is 2.54. The van der Waals surface area contributed by atoms with Crippen LogP contribution in [-0.2, 0) is 24.0 Å². The van der Waals surface area contributed by atoms with Crippen LogP contribution < -0.4 is 27.4 Å². The number of carbonyl (C=O) groups excluding carboxylic acids is 5. The van der Waals surface area contributed by atoms with Gasteiger partial charge in [0.2, 0.25) is 11.4 Å². The predicted molar refractivity (Wildman–Crippen MR) is 211 cm³/mol. The molecule has 23 nitrogen and oxygen atoms in total. The molecule has 1 aromatic carbocycles. The summed E-state index contributed by atoms with van der Waals surface area (Å²) in [5.41, 5.74) is 9.29. The topological polar surface area (TPSA) is 338 Å². The molecular formula is C31H28BrClN12O11S3. The van der Waals surface area contributed by atoms with Gasteiger partial charge in [0.25, 0.3) is 29.4 Å². The number of β-lactam (4-membered cyclic amide) rings is 1. The number of aryl methyl sites for hydroxylation is 1. The maximum atomic E-state index is 13.7. The van der Waals surface area contributed by atoms with Crippen LogP contribution >= 0.6 is 62.4 Å². The first-order chi connectivity index (χ1) is 27.8. The summed E-state index contributed by atoms with van der Waals surface area (Å²) < 4.78 is 1.20. The molecule has 5 heterocycles. The molecule has 2 atom stereocenters. The molecule has 0 saturated carbocycles. The van der Waals surface area contributed by atoms with Crippen molar-refractivity contribution in [2.45, 2.75) is 42.8 Å². The van der Waals surface area contributed by atoms with Crippen molar-refractivity contribution < 1.29 is 54.1 Å². The highest BCUT2D eigenvalue weighted by molar-refractivity contribution is 9.10. The van der Waals surface area contributed by atoms with Crippen LogP contribution in [0.3, 0.4) is 0 Å². The molecule has 28 heteroatoms. The number of phenolic OH excluding ortho intramolecular Hbond substituents is 2. The van der Waals surface area contributed by atoms with Crippen molar-refractivity contribution in [2.24, 2.45) is 5.16 Å². The lowest BCUT2D eigenvalue weighted by atomic mass is 10.0. The number of nitrogen functional groups attached to an aromatic ring is 1. The van der Waals surface area contributed by atoms with Crippen LogP contribution in [0.4, 0.5) is 5.13 Å². The van der Waals surface area contributed by atoms with Crippen LogP contribution in [0, 0.1) is 6.92 Å². The molecule has 2 aliphatic heterocycles. The van der Waals surface area contributed by atoms with E-state index >= 15 is 0 Å². The second kappa shape index (κ2) is 16.9. The summed E-state index contributed by atoms with van der Waals surface area (Å²) in [6.45, 7) is 4.17. The number of hydrogen-bond acceptors (Lipinski definition) is 19. The Morgan fingerprint density at radius 3 is 2.53 bits per heavy atom. The number of hydrazine groups is 1. The first-order valence-electron chi connectivity index (χ1n) is 16.3. The van der Waals surface area contributed by atoms with Gasteiger partial charge in [-0.2, -0.15) is 9.50 Å². The van der Waals surface area contributed by atoms with Gasteiger partial charge in [-0.15, -0.1) is 40.0 Å². The summed E-state index contributed by atoms with van der Waals surface area (Å²) in [5.74, 6) is -7.48. The molecule has 0 aliphatic carbocycles. The number of aromatic hydroxyl groups is 2. The number of thiazole rings is 1. The predicted octanol–water partition coefficient (Wildman–Crippen LogP) is 0.909. The number of anilines is 1. The largest absolute Gasteiger partial charge is 0.503 e. The van der Waals surface area contributed by atoms with Crippen molar-refractivity contribution in [1.29, 1.82) is 0 Å². The molecule has 0 unspecified atom stereocenters. The van der Waals surface area contributed by atoms with E-state index in [0.29, 0.717) is 16.3 Å². The molecule has 10 N–H and O–H groups in total. The fourth-order valence-corrected chi connectivity index (χ4v) is 9.00. The van der Waals surface area contributed by atoms with Gasteiger partial charge in [0.15, 0.2) is 22.3 Å². The summed E-state index contributed by atoms with van der Waals surface area (Å²) in [7, 11) is 0. The van der Waals surface area contributed by atoms with E-state index in [9.17, 15) is 44.1 Å². The third kappa shape index (κ3) is 8.55. The molecule has 6 rings (SSSR count). The molecule has 3 aromatic heterocycles. The summed E-state index contributed by atoms with van der Waals surface area (Å²) in [6, 6.07) is 1.52. The zero-order valence-corrected chi connectivity index (χ0v) is 34.9. The number of amides is 5. The average molecular weight is 956 g/mol. The first-order valence-corrected chi connectivity index (χ1v) is 20.4. The van der Waals surface area contributed by atoms with E-state index < -0.39 is 74.8 Å².